The number of benzene rings is 2. The van der Waals surface area contributed by atoms with Gasteiger partial charge in [-0.25, -0.2) is 4.79 Å². The fraction of sp³-hybridized carbons (Fsp3) is 0.120. The second-order valence-corrected chi connectivity index (χ2v) is 6.86. The molecule has 166 valence electrons. The Kier molecular flexibility index (Phi) is 7.07. The third-order valence-corrected chi connectivity index (χ3v) is 4.54. The van der Waals surface area contributed by atoms with Crippen LogP contribution >= 0.6 is 0 Å². The van der Waals surface area contributed by atoms with Gasteiger partial charge in [0.15, 0.2) is 6.61 Å². The second-order valence-electron chi connectivity index (χ2n) is 6.86. The molecule has 8 heteroatoms. The van der Waals surface area contributed by atoms with Crippen LogP contribution in [0.15, 0.2) is 83.5 Å². The smallest absolute Gasteiger partial charge is 0.331 e. The topological polar surface area (TPSA) is 96.6 Å². The van der Waals surface area contributed by atoms with E-state index in [0.29, 0.717) is 23.9 Å². The van der Waals surface area contributed by atoms with E-state index < -0.39 is 5.97 Å². The predicted molar refractivity (Wildman–Crippen MR) is 120 cm³/mol. The first-order chi connectivity index (χ1) is 16.2. The lowest BCUT2D eigenvalue weighted by molar-refractivity contribution is -0.139. The monoisotopic (exact) mass is 443 g/mol. The Balaban J connectivity index is 1.26. The fourth-order valence-corrected chi connectivity index (χ4v) is 2.85. The van der Waals surface area contributed by atoms with Gasteiger partial charge < -0.3 is 18.7 Å². The summed E-state index contributed by atoms with van der Waals surface area (Å²) in [5.41, 5.74) is 2.42. The first kappa shape index (κ1) is 21.8. The van der Waals surface area contributed by atoms with Gasteiger partial charge in [0.2, 0.25) is 5.82 Å². The Morgan fingerprint density at radius 1 is 1.00 bits per heavy atom. The van der Waals surface area contributed by atoms with Gasteiger partial charge in [-0.3, -0.25) is 4.98 Å². The van der Waals surface area contributed by atoms with Crippen LogP contribution in [-0.2, 0) is 22.7 Å². The molecule has 0 aliphatic heterocycles. The molecular weight excluding hydrogens is 422 g/mol. The number of carbonyl (C=O) groups is 1. The van der Waals surface area contributed by atoms with Crippen molar-refractivity contribution in [2.24, 2.45) is 0 Å². The van der Waals surface area contributed by atoms with Crippen molar-refractivity contribution in [2.75, 3.05) is 7.11 Å². The highest BCUT2D eigenvalue weighted by Gasteiger charge is 2.11. The summed E-state index contributed by atoms with van der Waals surface area (Å²) in [5.74, 6) is 1.46. The van der Waals surface area contributed by atoms with E-state index in [2.05, 4.69) is 15.1 Å². The minimum atomic E-state index is -0.522. The van der Waals surface area contributed by atoms with Crippen molar-refractivity contribution in [2.45, 2.75) is 13.2 Å². The lowest BCUT2D eigenvalue weighted by Gasteiger charge is -2.05. The van der Waals surface area contributed by atoms with Crippen LogP contribution in [-0.4, -0.2) is 28.2 Å². The maximum absolute atomic E-state index is 12.0. The lowest BCUT2D eigenvalue weighted by Crippen LogP contribution is -2.01. The van der Waals surface area contributed by atoms with Crippen molar-refractivity contribution in [1.29, 1.82) is 0 Å². The van der Waals surface area contributed by atoms with Crippen molar-refractivity contribution < 1.29 is 23.5 Å². The van der Waals surface area contributed by atoms with Crippen molar-refractivity contribution in [1.82, 2.24) is 15.1 Å². The molecule has 8 nitrogen and oxygen atoms in total. The third-order valence-electron chi connectivity index (χ3n) is 4.54. The molecule has 33 heavy (non-hydrogen) atoms. The number of carbonyl (C=O) groups excluding carboxylic acids is 1. The fourth-order valence-electron chi connectivity index (χ4n) is 2.85. The van der Waals surface area contributed by atoms with Gasteiger partial charge >= 0.3 is 5.97 Å². The molecule has 0 radical (unpaired) electrons. The number of hydrogen-bond donors (Lipinski definition) is 0. The van der Waals surface area contributed by atoms with Gasteiger partial charge in [0.05, 0.1) is 12.8 Å². The maximum atomic E-state index is 12.0. The number of nitrogens with zero attached hydrogens (tertiary/aromatic N) is 3. The van der Waals surface area contributed by atoms with Crippen LogP contribution in [0.25, 0.3) is 17.5 Å². The molecule has 4 rings (SSSR count). The molecule has 0 saturated heterocycles. The van der Waals surface area contributed by atoms with Crippen LogP contribution in [0.4, 0.5) is 0 Å². The van der Waals surface area contributed by atoms with E-state index in [1.54, 1.807) is 25.4 Å². The SMILES string of the molecule is COc1cccc(-c2noc(COC(=O)/C=C/c3ccc(OCc4ccccn4)cc3)n2)c1. The maximum Gasteiger partial charge on any atom is 0.331 e. The molecule has 0 saturated carbocycles. The molecular formula is C25H21N3O5. The number of rotatable bonds is 9. The zero-order valence-corrected chi connectivity index (χ0v) is 17.9. The summed E-state index contributed by atoms with van der Waals surface area (Å²) in [7, 11) is 1.58. The average molecular weight is 443 g/mol. The molecule has 0 aliphatic rings. The van der Waals surface area contributed by atoms with Crippen molar-refractivity contribution in [3.05, 3.63) is 96.2 Å². The standard InChI is InChI=1S/C25H21N3O5/c1-30-22-7-4-5-19(15-22)25-27-23(33-28-25)17-32-24(29)13-10-18-8-11-21(12-9-18)31-16-20-6-2-3-14-26-20/h2-15H,16-17H2,1H3/b13-10+. The van der Waals surface area contributed by atoms with E-state index >= 15 is 0 Å². The number of methoxy groups -OCH3 is 1. The molecule has 0 amide bonds. The number of hydrogen-bond acceptors (Lipinski definition) is 8. The quantitative estimate of drug-likeness (QED) is 0.276. The largest absolute Gasteiger partial charge is 0.497 e. The van der Waals surface area contributed by atoms with Gasteiger partial charge in [0.1, 0.15) is 18.1 Å². The van der Waals surface area contributed by atoms with E-state index in [0.717, 1.165) is 16.8 Å². The number of aromatic nitrogens is 3. The van der Waals surface area contributed by atoms with Gasteiger partial charge in [0.25, 0.3) is 5.89 Å². The average Bonchev–Trinajstić information content (AvgIpc) is 3.35. The van der Waals surface area contributed by atoms with Crippen LogP contribution in [0, 0.1) is 0 Å². The highest BCUT2D eigenvalue weighted by Crippen LogP contribution is 2.21. The zero-order valence-electron chi connectivity index (χ0n) is 17.9. The molecule has 0 fully saturated rings. The van der Waals surface area contributed by atoms with Crippen molar-refractivity contribution >= 4 is 12.0 Å². The summed E-state index contributed by atoms with van der Waals surface area (Å²) in [6, 6.07) is 20.3. The minimum Gasteiger partial charge on any atom is -0.497 e. The number of esters is 1. The van der Waals surface area contributed by atoms with Gasteiger partial charge in [-0.15, -0.1) is 0 Å². The van der Waals surface area contributed by atoms with E-state index in [4.69, 9.17) is 18.7 Å². The van der Waals surface area contributed by atoms with Crippen LogP contribution in [0.3, 0.4) is 0 Å². The molecule has 0 bridgehead atoms. The van der Waals surface area contributed by atoms with Gasteiger partial charge in [-0.2, -0.15) is 4.98 Å². The molecule has 4 aromatic rings. The van der Waals surface area contributed by atoms with E-state index in [-0.39, 0.29) is 12.5 Å². The molecule has 0 spiro atoms. The summed E-state index contributed by atoms with van der Waals surface area (Å²) in [6.45, 7) is 0.262. The van der Waals surface area contributed by atoms with E-state index in [1.165, 1.54) is 6.08 Å². The predicted octanol–water partition coefficient (Wildman–Crippen LogP) is 4.48. The van der Waals surface area contributed by atoms with Gasteiger partial charge in [-0.1, -0.05) is 35.5 Å². The summed E-state index contributed by atoms with van der Waals surface area (Å²) < 4.78 is 21.2. The molecule has 0 aliphatic carbocycles. The van der Waals surface area contributed by atoms with Crippen molar-refractivity contribution in [3.63, 3.8) is 0 Å². The summed E-state index contributed by atoms with van der Waals surface area (Å²) >= 11 is 0. The Morgan fingerprint density at radius 2 is 1.88 bits per heavy atom. The van der Waals surface area contributed by atoms with Crippen LogP contribution < -0.4 is 9.47 Å². The summed E-state index contributed by atoms with van der Waals surface area (Å²) in [4.78, 5) is 20.5. The zero-order chi connectivity index (χ0) is 22.9. The van der Waals surface area contributed by atoms with Gasteiger partial charge in [0, 0.05) is 17.8 Å². The highest BCUT2D eigenvalue weighted by atomic mass is 16.6. The minimum absolute atomic E-state index is 0.125. The Labute approximate surface area is 190 Å². The number of ether oxygens (including phenoxy) is 3. The molecule has 0 unspecified atom stereocenters. The number of pyridine rings is 1. The van der Waals surface area contributed by atoms with Crippen LogP contribution in [0.5, 0.6) is 11.5 Å². The normalized spacial score (nSPS) is 10.8. The molecule has 2 heterocycles. The molecule has 2 aromatic carbocycles. The van der Waals surface area contributed by atoms with E-state index in [9.17, 15) is 4.79 Å². The van der Waals surface area contributed by atoms with E-state index in [1.807, 2.05) is 60.7 Å². The summed E-state index contributed by atoms with van der Waals surface area (Å²) in [6.07, 6.45) is 4.72. The first-order valence-electron chi connectivity index (χ1n) is 10.1. The second kappa shape index (κ2) is 10.7. The van der Waals surface area contributed by atoms with Crippen molar-refractivity contribution in [3.8, 4) is 22.9 Å². The summed E-state index contributed by atoms with van der Waals surface area (Å²) in [5, 5.41) is 3.91. The Morgan fingerprint density at radius 3 is 2.67 bits per heavy atom. The van der Waals surface area contributed by atoms with Crippen LogP contribution in [0.1, 0.15) is 17.1 Å². The lowest BCUT2D eigenvalue weighted by atomic mass is 10.2. The molecule has 0 N–H and O–H groups in total. The van der Waals surface area contributed by atoms with Crippen LogP contribution in [0.2, 0.25) is 0 Å². The Bertz CT molecular complexity index is 1220. The molecule has 0 atom stereocenters. The highest BCUT2D eigenvalue weighted by molar-refractivity contribution is 5.87. The Hall–Kier alpha value is -4.46. The first-order valence-corrected chi connectivity index (χ1v) is 10.1. The molecule has 2 aromatic heterocycles. The third kappa shape index (κ3) is 6.27. The van der Waals surface area contributed by atoms with Gasteiger partial charge in [-0.05, 0) is 48.0 Å².